The van der Waals surface area contributed by atoms with Gasteiger partial charge in [0.1, 0.15) is 12.4 Å². The molecular weight excluding hydrogens is 250 g/mol. The predicted octanol–water partition coefficient (Wildman–Crippen LogP) is 2.30. The molecule has 1 aromatic rings. The van der Waals surface area contributed by atoms with Crippen LogP contribution in [-0.2, 0) is 5.41 Å². The number of guanidine groups is 1. The molecule has 0 atom stereocenters. The van der Waals surface area contributed by atoms with Gasteiger partial charge in [0.15, 0.2) is 5.96 Å². The Labute approximate surface area is 121 Å². The van der Waals surface area contributed by atoms with Crippen molar-refractivity contribution in [3.05, 3.63) is 29.8 Å². The zero-order chi connectivity index (χ0) is 14.4. The quantitative estimate of drug-likeness (QED) is 0.829. The number of nitrogens with one attached hydrogen (secondary N) is 2. The molecule has 1 heterocycles. The zero-order valence-corrected chi connectivity index (χ0v) is 12.7. The maximum Gasteiger partial charge on any atom is 0.191 e. The molecule has 2 rings (SSSR count). The molecule has 0 saturated carbocycles. The summed E-state index contributed by atoms with van der Waals surface area (Å²) < 4.78 is 5.91. The van der Waals surface area contributed by atoms with Gasteiger partial charge in [-0.05, 0) is 23.5 Å². The van der Waals surface area contributed by atoms with E-state index in [4.69, 9.17) is 4.74 Å². The smallest absolute Gasteiger partial charge is 0.191 e. The fraction of sp³-hybridized carbons (Fsp3) is 0.562. The minimum Gasteiger partial charge on any atom is -0.491 e. The lowest BCUT2D eigenvalue weighted by Gasteiger charge is -2.23. The minimum absolute atomic E-state index is 0.0963. The van der Waals surface area contributed by atoms with Gasteiger partial charge < -0.3 is 15.4 Å². The molecule has 0 spiro atoms. The van der Waals surface area contributed by atoms with Crippen molar-refractivity contribution < 1.29 is 4.74 Å². The number of ether oxygens (including phenoxy) is 1. The lowest BCUT2D eigenvalue weighted by molar-refractivity contribution is 0.313. The monoisotopic (exact) mass is 275 g/mol. The molecule has 4 nitrogen and oxygen atoms in total. The van der Waals surface area contributed by atoms with Crippen LogP contribution in [-0.4, -0.2) is 32.2 Å². The molecule has 0 aromatic heterocycles. The lowest BCUT2D eigenvalue weighted by Crippen LogP contribution is -2.42. The Morgan fingerprint density at radius 1 is 1.30 bits per heavy atom. The summed E-state index contributed by atoms with van der Waals surface area (Å²) in [7, 11) is 0. The molecule has 0 bridgehead atoms. The third-order valence-corrected chi connectivity index (χ3v) is 3.24. The molecule has 0 amide bonds. The highest BCUT2D eigenvalue weighted by atomic mass is 16.5. The second-order valence-corrected chi connectivity index (χ2v) is 6.03. The van der Waals surface area contributed by atoms with Crippen molar-refractivity contribution in [1.82, 2.24) is 10.6 Å². The van der Waals surface area contributed by atoms with Crippen LogP contribution in [0.3, 0.4) is 0 Å². The van der Waals surface area contributed by atoms with E-state index < -0.39 is 0 Å². The van der Waals surface area contributed by atoms with Gasteiger partial charge >= 0.3 is 0 Å². The SMILES string of the molecule is CC(C)(C)c1ccccc1OCCNC1=NCCCN1. The van der Waals surface area contributed by atoms with Crippen molar-refractivity contribution in [3.8, 4) is 5.75 Å². The van der Waals surface area contributed by atoms with Gasteiger partial charge in [-0.15, -0.1) is 0 Å². The van der Waals surface area contributed by atoms with E-state index in [1.165, 1.54) is 5.56 Å². The van der Waals surface area contributed by atoms with Crippen LogP contribution in [0, 0.1) is 0 Å². The van der Waals surface area contributed by atoms with Crippen LogP contribution in [0.4, 0.5) is 0 Å². The van der Waals surface area contributed by atoms with Crippen LogP contribution in [0.5, 0.6) is 5.75 Å². The third-order valence-electron chi connectivity index (χ3n) is 3.24. The zero-order valence-electron chi connectivity index (χ0n) is 12.7. The van der Waals surface area contributed by atoms with E-state index in [1.54, 1.807) is 0 Å². The van der Waals surface area contributed by atoms with Crippen LogP contribution >= 0.6 is 0 Å². The molecule has 0 unspecified atom stereocenters. The summed E-state index contributed by atoms with van der Waals surface area (Å²) >= 11 is 0. The standard InChI is InChI=1S/C16H25N3O/c1-16(2,3)13-7-4-5-8-14(13)20-12-11-19-15-17-9-6-10-18-15/h4-5,7-8H,6,9-12H2,1-3H3,(H2,17,18,19). The van der Waals surface area contributed by atoms with Crippen molar-refractivity contribution >= 4 is 5.96 Å². The first kappa shape index (κ1) is 14.7. The Morgan fingerprint density at radius 2 is 2.10 bits per heavy atom. The van der Waals surface area contributed by atoms with E-state index >= 15 is 0 Å². The molecule has 4 heteroatoms. The third kappa shape index (κ3) is 4.15. The summed E-state index contributed by atoms with van der Waals surface area (Å²) in [6, 6.07) is 8.25. The maximum atomic E-state index is 5.91. The number of aliphatic imine (C=N–C) groups is 1. The van der Waals surface area contributed by atoms with Crippen molar-refractivity contribution in [1.29, 1.82) is 0 Å². The summed E-state index contributed by atoms with van der Waals surface area (Å²) in [5.74, 6) is 1.87. The maximum absolute atomic E-state index is 5.91. The predicted molar refractivity (Wildman–Crippen MR) is 83.6 cm³/mol. The second kappa shape index (κ2) is 6.64. The summed E-state index contributed by atoms with van der Waals surface area (Å²) in [6.45, 7) is 9.90. The molecule has 1 aliphatic rings. The van der Waals surface area contributed by atoms with Gasteiger partial charge in [-0.1, -0.05) is 39.0 Å². The number of hydrogen-bond donors (Lipinski definition) is 2. The van der Waals surface area contributed by atoms with Gasteiger partial charge in [-0.25, -0.2) is 0 Å². The Bertz CT molecular complexity index is 463. The first-order chi connectivity index (χ1) is 9.57. The van der Waals surface area contributed by atoms with E-state index in [2.05, 4.69) is 48.5 Å². The van der Waals surface area contributed by atoms with Gasteiger partial charge in [0.25, 0.3) is 0 Å². The van der Waals surface area contributed by atoms with Crippen LogP contribution in [0.25, 0.3) is 0 Å². The number of rotatable bonds is 4. The number of hydrogen-bond acceptors (Lipinski definition) is 4. The lowest BCUT2D eigenvalue weighted by atomic mass is 9.86. The van der Waals surface area contributed by atoms with Crippen molar-refractivity contribution in [2.45, 2.75) is 32.6 Å². The van der Waals surface area contributed by atoms with Crippen molar-refractivity contribution in [2.24, 2.45) is 4.99 Å². The van der Waals surface area contributed by atoms with E-state index in [-0.39, 0.29) is 5.41 Å². The van der Waals surface area contributed by atoms with Gasteiger partial charge in [-0.2, -0.15) is 0 Å². The first-order valence-corrected chi connectivity index (χ1v) is 7.32. The molecule has 20 heavy (non-hydrogen) atoms. The first-order valence-electron chi connectivity index (χ1n) is 7.32. The normalized spacial score (nSPS) is 15.2. The molecule has 0 fully saturated rings. The highest BCUT2D eigenvalue weighted by Gasteiger charge is 2.18. The summed E-state index contributed by atoms with van der Waals surface area (Å²) in [4.78, 5) is 4.37. The highest BCUT2D eigenvalue weighted by molar-refractivity contribution is 5.80. The Hall–Kier alpha value is -1.71. The van der Waals surface area contributed by atoms with E-state index in [0.717, 1.165) is 37.8 Å². The number of para-hydroxylation sites is 1. The van der Waals surface area contributed by atoms with Crippen LogP contribution in [0.2, 0.25) is 0 Å². The Balaban J connectivity index is 1.84. The molecular formula is C16H25N3O. The average molecular weight is 275 g/mol. The van der Waals surface area contributed by atoms with Crippen molar-refractivity contribution in [3.63, 3.8) is 0 Å². The Morgan fingerprint density at radius 3 is 2.80 bits per heavy atom. The number of benzene rings is 1. The summed E-state index contributed by atoms with van der Waals surface area (Å²) in [5, 5.41) is 6.50. The van der Waals surface area contributed by atoms with Crippen LogP contribution < -0.4 is 15.4 Å². The molecule has 0 aliphatic carbocycles. The molecule has 1 aromatic carbocycles. The Kier molecular flexibility index (Phi) is 4.88. The molecule has 0 saturated heterocycles. The minimum atomic E-state index is 0.0963. The van der Waals surface area contributed by atoms with E-state index in [0.29, 0.717) is 6.61 Å². The van der Waals surface area contributed by atoms with Gasteiger partial charge in [0.05, 0.1) is 6.54 Å². The second-order valence-electron chi connectivity index (χ2n) is 6.03. The fourth-order valence-corrected chi connectivity index (χ4v) is 2.19. The van der Waals surface area contributed by atoms with Gasteiger partial charge in [0, 0.05) is 13.1 Å². The molecule has 1 aliphatic heterocycles. The summed E-state index contributed by atoms with van der Waals surface area (Å²) in [6.07, 6.45) is 1.11. The average Bonchev–Trinajstić information content (AvgIpc) is 2.44. The largest absolute Gasteiger partial charge is 0.491 e. The van der Waals surface area contributed by atoms with Gasteiger partial charge in [0.2, 0.25) is 0 Å². The van der Waals surface area contributed by atoms with Crippen LogP contribution in [0.15, 0.2) is 29.3 Å². The summed E-state index contributed by atoms with van der Waals surface area (Å²) in [5.41, 5.74) is 1.34. The molecule has 2 N–H and O–H groups in total. The molecule has 110 valence electrons. The van der Waals surface area contributed by atoms with E-state index in [1.807, 2.05) is 12.1 Å². The van der Waals surface area contributed by atoms with Crippen LogP contribution in [0.1, 0.15) is 32.8 Å². The topological polar surface area (TPSA) is 45.6 Å². The fourth-order valence-electron chi connectivity index (χ4n) is 2.19. The van der Waals surface area contributed by atoms with Crippen molar-refractivity contribution in [2.75, 3.05) is 26.2 Å². The highest BCUT2D eigenvalue weighted by Crippen LogP contribution is 2.30. The van der Waals surface area contributed by atoms with E-state index in [9.17, 15) is 0 Å². The molecule has 0 radical (unpaired) electrons. The van der Waals surface area contributed by atoms with Gasteiger partial charge in [-0.3, -0.25) is 4.99 Å². The number of nitrogens with zero attached hydrogens (tertiary/aromatic N) is 1.